The Kier molecular flexibility index (Phi) is 6.66. The number of amides is 1. The number of nitrogens with zero attached hydrogens (tertiary/aromatic N) is 2. The van der Waals surface area contributed by atoms with Gasteiger partial charge >= 0.3 is 0 Å². The van der Waals surface area contributed by atoms with E-state index >= 15 is 0 Å². The molecule has 8 heteroatoms. The molecule has 0 saturated carbocycles. The van der Waals surface area contributed by atoms with Crippen molar-refractivity contribution in [1.29, 1.82) is 0 Å². The number of nitrogens with one attached hydrogen (secondary N) is 1. The van der Waals surface area contributed by atoms with Crippen molar-refractivity contribution in [1.82, 2.24) is 10.2 Å². The summed E-state index contributed by atoms with van der Waals surface area (Å²) in [7, 11) is 0. The van der Waals surface area contributed by atoms with Crippen molar-refractivity contribution in [3.05, 3.63) is 69.1 Å². The third-order valence-corrected chi connectivity index (χ3v) is 5.16. The average Bonchev–Trinajstić information content (AvgIpc) is 3.10. The average molecular weight is 422 g/mol. The predicted octanol–water partition coefficient (Wildman–Crippen LogP) is 5.04. The number of anilines is 1. The van der Waals surface area contributed by atoms with E-state index in [1.165, 1.54) is 16.9 Å². The van der Waals surface area contributed by atoms with Crippen LogP contribution < -0.4 is 10.1 Å². The third-order valence-electron chi connectivity index (χ3n) is 3.73. The van der Waals surface area contributed by atoms with Crippen LogP contribution in [0.25, 0.3) is 0 Å². The lowest BCUT2D eigenvalue weighted by Gasteiger charge is -2.14. The molecule has 0 radical (unpaired) electrons. The number of hydrogen-bond acceptors (Lipinski definition) is 5. The highest BCUT2D eigenvalue weighted by molar-refractivity contribution is 7.15. The molecule has 2 aromatic carbocycles. The smallest absolute Gasteiger partial charge is 0.266 e. The molecule has 1 amide bonds. The van der Waals surface area contributed by atoms with E-state index in [-0.39, 0.29) is 5.91 Å². The molecule has 0 aliphatic rings. The van der Waals surface area contributed by atoms with Gasteiger partial charge in [0.05, 0.1) is 5.02 Å². The molecule has 0 bridgehead atoms. The van der Waals surface area contributed by atoms with Crippen molar-refractivity contribution in [3.8, 4) is 5.75 Å². The minimum atomic E-state index is -0.750. The maximum Gasteiger partial charge on any atom is 0.266 e. The van der Waals surface area contributed by atoms with Crippen molar-refractivity contribution in [2.45, 2.75) is 25.9 Å². The maximum atomic E-state index is 12.3. The molecule has 3 aromatic rings. The number of ether oxygens (including phenoxy) is 1. The second-order valence-electron chi connectivity index (χ2n) is 5.81. The van der Waals surface area contributed by atoms with Crippen LogP contribution in [0.2, 0.25) is 10.0 Å². The zero-order valence-corrected chi connectivity index (χ0v) is 16.8. The van der Waals surface area contributed by atoms with Crippen molar-refractivity contribution in [2.75, 3.05) is 5.32 Å². The van der Waals surface area contributed by atoms with Gasteiger partial charge in [-0.3, -0.25) is 10.1 Å². The van der Waals surface area contributed by atoms with Crippen molar-refractivity contribution in [2.24, 2.45) is 0 Å². The normalized spacial score (nSPS) is 11.8. The molecule has 0 aliphatic heterocycles. The van der Waals surface area contributed by atoms with Crippen molar-refractivity contribution >= 4 is 45.6 Å². The summed E-state index contributed by atoms with van der Waals surface area (Å²) in [5, 5.41) is 13.0. The summed E-state index contributed by atoms with van der Waals surface area (Å²) in [6, 6.07) is 15.0. The minimum absolute atomic E-state index is 0.327. The van der Waals surface area contributed by atoms with Gasteiger partial charge in [-0.2, -0.15) is 0 Å². The Balaban J connectivity index is 1.53. The molecule has 0 fully saturated rings. The molecule has 27 heavy (non-hydrogen) atoms. The van der Waals surface area contributed by atoms with Crippen LogP contribution in [0.4, 0.5) is 5.13 Å². The molecule has 0 aliphatic carbocycles. The summed E-state index contributed by atoms with van der Waals surface area (Å²) in [6.07, 6.45) is 0.891. The second kappa shape index (κ2) is 9.17. The molecule has 0 spiro atoms. The van der Waals surface area contributed by atoms with Crippen LogP contribution in [0, 0.1) is 0 Å². The van der Waals surface area contributed by atoms with E-state index in [4.69, 9.17) is 27.9 Å². The fourth-order valence-corrected chi connectivity index (χ4v) is 3.52. The fourth-order valence-electron chi connectivity index (χ4n) is 2.32. The first kappa shape index (κ1) is 19.6. The van der Waals surface area contributed by atoms with Gasteiger partial charge in [0, 0.05) is 11.4 Å². The van der Waals surface area contributed by atoms with Gasteiger partial charge in [0.25, 0.3) is 5.91 Å². The van der Waals surface area contributed by atoms with E-state index < -0.39 is 6.10 Å². The second-order valence-corrected chi connectivity index (χ2v) is 7.72. The number of rotatable bonds is 7. The molecule has 5 nitrogen and oxygen atoms in total. The van der Waals surface area contributed by atoms with Crippen LogP contribution in [0.3, 0.4) is 0 Å². The minimum Gasteiger partial charge on any atom is -0.479 e. The van der Waals surface area contributed by atoms with Crippen LogP contribution >= 0.6 is 34.5 Å². The Morgan fingerprint density at radius 1 is 1.15 bits per heavy atom. The molecule has 0 saturated heterocycles. The van der Waals surface area contributed by atoms with Gasteiger partial charge in [0.2, 0.25) is 5.13 Å². The van der Waals surface area contributed by atoms with Crippen molar-refractivity contribution in [3.63, 3.8) is 0 Å². The standard InChI is InChI=1S/C19H17Cl2N3O2S/c1-12(26-16-9-8-14(20)11-15(16)21)18(25)22-19-24-23-17(27-19)10-7-13-5-3-2-4-6-13/h2-6,8-9,11-12H,7,10H2,1H3,(H,22,24,25)/t12-/m0/s1. The number of benzene rings is 2. The van der Waals surface area contributed by atoms with Gasteiger partial charge in [-0.1, -0.05) is 64.9 Å². The molecule has 1 heterocycles. The number of carbonyl (C=O) groups excluding carboxylic acids is 1. The molecule has 1 atom stereocenters. The van der Waals surface area contributed by atoms with Gasteiger partial charge in [0.1, 0.15) is 10.8 Å². The van der Waals surface area contributed by atoms with E-state index in [0.29, 0.717) is 20.9 Å². The van der Waals surface area contributed by atoms with Gasteiger partial charge in [0.15, 0.2) is 6.10 Å². The number of hydrogen-bond donors (Lipinski definition) is 1. The van der Waals surface area contributed by atoms with Gasteiger partial charge in [-0.15, -0.1) is 10.2 Å². The molecule has 3 rings (SSSR count). The van der Waals surface area contributed by atoms with Gasteiger partial charge in [-0.25, -0.2) is 0 Å². The van der Waals surface area contributed by atoms with Gasteiger partial charge < -0.3 is 4.74 Å². The summed E-state index contributed by atoms with van der Waals surface area (Å²) in [4.78, 5) is 12.3. The molecule has 1 N–H and O–H groups in total. The summed E-state index contributed by atoms with van der Waals surface area (Å²) < 4.78 is 5.60. The predicted molar refractivity (Wildman–Crippen MR) is 109 cm³/mol. The van der Waals surface area contributed by atoms with Crippen LogP contribution in [0.15, 0.2) is 48.5 Å². The highest BCUT2D eigenvalue weighted by Crippen LogP contribution is 2.28. The molecule has 1 aromatic heterocycles. The summed E-state index contributed by atoms with van der Waals surface area (Å²) in [5.74, 6) is 0.0660. The zero-order chi connectivity index (χ0) is 19.2. The Bertz CT molecular complexity index is 918. The van der Waals surface area contributed by atoms with E-state index in [1.54, 1.807) is 25.1 Å². The SMILES string of the molecule is C[C@H](Oc1ccc(Cl)cc1Cl)C(=O)Nc1nnc(CCc2ccccc2)s1. The Morgan fingerprint density at radius 3 is 2.67 bits per heavy atom. The van der Waals surface area contributed by atoms with E-state index in [9.17, 15) is 4.79 Å². The van der Waals surface area contributed by atoms with Crippen LogP contribution in [-0.2, 0) is 17.6 Å². The number of aryl methyl sites for hydroxylation is 2. The number of carbonyl (C=O) groups is 1. The first-order valence-corrected chi connectivity index (χ1v) is 9.87. The number of halogens is 2. The number of aromatic nitrogens is 2. The molecular weight excluding hydrogens is 405 g/mol. The lowest BCUT2D eigenvalue weighted by Crippen LogP contribution is -2.30. The lowest BCUT2D eigenvalue weighted by atomic mass is 10.1. The molecule has 0 unspecified atom stereocenters. The monoisotopic (exact) mass is 421 g/mol. The largest absolute Gasteiger partial charge is 0.479 e. The molecular formula is C19H17Cl2N3O2S. The fraction of sp³-hybridized carbons (Fsp3) is 0.211. The Labute approximate surface area is 171 Å². The first-order valence-electron chi connectivity index (χ1n) is 8.30. The van der Waals surface area contributed by atoms with Crippen LogP contribution in [0.5, 0.6) is 5.75 Å². The zero-order valence-electron chi connectivity index (χ0n) is 14.5. The molecule has 140 valence electrons. The Hall–Kier alpha value is -2.15. The highest BCUT2D eigenvalue weighted by atomic mass is 35.5. The van der Waals surface area contributed by atoms with Crippen LogP contribution in [-0.4, -0.2) is 22.2 Å². The summed E-state index contributed by atoms with van der Waals surface area (Å²) >= 11 is 13.3. The summed E-state index contributed by atoms with van der Waals surface area (Å²) in [5.41, 5.74) is 1.24. The maximum absolute atomic E-state index is 12.3. The quantitative estimate of drug-likeness (QED) is 0.580. The topological polar surface area (TPSA) is 64.1 Å². The lowest BCUT2D eigenvalue weighted by molar-refractivity contribution is -0.122. The Morgan fingerprint density at radius 2 is 1.93 bits per heavy atom. The highest BCUT2D eigenvalue weighted by Gasteiger charge is 2.18. The third kappa shape index (κ3) is 5.66. The van der Waals surface area contributed by atoms with E-state index in [2.05, 4.69) is 27.6 Å². The van der Waals surface area contributed by atoms with E-state index in [0.717, 1.165) is 17.8 Å². The van der Waals surface area contributed by atoms with E-state index in [1.807, 2.05) is 18.2 Å². The van der Waals surface area contributed by atoms with Crippen molar-refractivity contribution < 1.29 is 9.53 Å². The summed E-state index contributed by atoms with van der Waals surface area (Å²) in [6.45, 7) is 1.64. The van der Waals surface area contributed by atoms with Gasteiger partial charge in [-0.05, 0) is 37.1 Å². The first-order chi connectivity index (χ1) is 13.0. The van der Waals surface area contributed by atoms with Crippen LogP contribution in [0.1, 0.15) is 17.5 Å².